The number of ether oxygens (including phenoxy) is 2. The van der Waals surface area contributed by atoms with Crippen LogP contribution < -0.4 is 15.4 Å². The highest BCUT2D eigenvalue weighted by atomic mass is 16.5. The number of unbranched alkanes of at least 4 members (excludes halogenated alkanes) is 1. The molecule has 1 aliphatic rings. The summed E-state index contributed by atoms with van der Waals surface area (Å²) >= 11 is 0. The lowest BCUT2D eigenvalue weighted by atomic mass is 9.73. The van der Waals surface area contributed by atoms with Crippen molar-refractivity contribution in [3.63, 3.8) is 0 Å². The van der Waals surface area contributed by atoms with E-state index in [0.29, 0.717) is 38.4 Å². The van der Waals surface area contributed by atoms with Gasteiger partial charge in [-0.15, -0.1) is 0 Å². The normalized spacial score (nSPS) is 17.7. The van der Waals surface area contributed by atoms with E-state index in [0.717, 1.165) is 48.1 Å². The van der Waals surface area contributed by atoms with Crippen LogP contribution in [0.2, 0.25) is 0 Å². The van der Waals surface area contributed by atoms with Crippen LogP contribution in [0.15, 0.2) is 42.5 Å². The van der Waals surface area contributed by atoms with E-state index in [1.165, 1.54) is 0 Å². The number of aryl methyl sites for hydroxylation is 2. The Morgan fingerprint density at radius 2 is 1.82 bits per heavy atom. The van der Waals surface area contributed by atoms with E-state index in [9.17, 15) is 9.90 Å². The van der Waals surface area contributed by atoms with E-state index < -0.39 is 5.60 Å². The zero-order valence-corrected chi connectivity index (χ0v) is 24.1. The van der Waals surface area contributed by atoms with Gasteiger partial charge in [-0.2, -0.15) is 0 Å². The summed E-state index contributed by atoms with van der Waals surface area (Å²) in [5.74, 6) is 1.27. The molecule has 2 aromatic rings. The summed E-state index contributed by atoms with van der Waals surface area (Å²) in [4.78, 5) is 15.1. The highest BCUT2D eigenvalue weighted by molar-refractivity contribution is 5.75. The third-order valence-electron chi connectivity index (χ3n) is 7.45. The first-order chi connectivity index (χ1) is 18.1. The molecule has 0 aliphatic carbocycles. The highest BCUT2D eigenvalue weighted by Gasteiger charge is 2.43. The molecule has 7 nitrogen and oxygen atoms in total. The van der Waals surface area contributed by atoms with Crippen LogP contribution in [0.25, 0.3) is 0 Å². The van der Waals surface area contributed by atoms with Crippen molar-refractivity contribution >= 4 is 6.03 Å². The van der Waals surface area contributed by atoms with E-state index in [2.05, 4.69) is 16.7 Å². The van der Waals surface area contributed by atoms with Gasteiger partial charge >= 0.3 is 6.03 Å². The summed E-state index contributed by atoms with van der Waals surface area (Å²) < 4.78 is 11.6. The minimum atomic E-state index is -1.15. The number of nitrogens with zero attached hydrogens (tertiary/aromatic N) is 1. The number of carbonyl (C=O) groups excluding carboxylic acids is 1. The molecule has 2 aromatic carbocycles. The van der Waals surface area contributed by atoms with Gasteiger partial charge in [0.05, 0.1) is 5.60 Å². The number of likely N-dealkylation sites (N-methyl/N-ethyl adjacent to an activating group) is 1. The summed E-state index contributed by atoms with van der Waals surface area (Å²) in [5, 5.41) is 18.9. The van der Waals surface area contributed by atoms with E-state index in [4.69, 9.17) is 9.47 Å². The van der Waals surface area contributed by atoms with Gasteiger partial charge in [-0.25, -0.2) is 4.79 Å². The minimum absolute atomic E-state index is 0.0861. The number of amides is 2. The minimum Gasteiger partial charge on any atom is -0.457 e. The lowest BCUT2D eigenvalue weighted by molar-refractivity contribution is -0.0576. The monoisotopic (exact) mass is 525 g/mol. The van der Waals surface area contributed by atoms with Crippen molar-refractivity contribution in [3.05, 3.63) is 59.2 Å². The zero-order chi connectivity index (χ0) is 27.8. The number of methoxy groups -OCH3 is 1. The molecule has 210 valence electrons. The maximum Gasteiger partial charge on any atom is 0.317 e. The Labute approximate surface area is 228 Å². The van der Waals surface area contributed by atoms with Gasteiger partial charge in [0.25, 0.3) is 0 Å². The number of benzene rings is 2. The largest absolute Gasteiger partial charge is 0.457 e. The maximum atomic E-state index is 13.3. The Hall–Kier alpha value is -2.61. The third-order valence-corrected chi connectivity index (χ3v) is 7.45. The van der Waals surface area contributed by atoms with Crippen LogP contribution in [0, 0.1) is 19.8 Å². The second-order valence-corrected chi connectivity index (χ2v) is 11.4. The number of nitrogens with one attached hydrogen (secondary N) is 2. The van der Waals surface area contributed by atoms with Gasteiger partial charge in [-0.1, -0.05) is 29.3 Å². The van der Waals surface area contributed by atoms with E-state index in [-0.39, 0.29) is 17.5 Å². The predicted octanol–water partition coefficient (Wildman–Crippen LogP) is 5.52. The van der Waals surface area contributed by atoms with Crippen LogP contribution in [0.1, 0.15) is 62.6 Å². The van der Waals surface area contributed by atoms with Crippen LogP contribution in [0.4, 0.5) is 4.79 Å². The first kappa shape index (κ1) is 29.9. The van der Waals surface area contributed by atoms with Crippen molar-refractivity contribution < 1.29 is 19.4 Å². The molecule has 0 saturated carbocycles. The molecular weight excluding hydrogens is 478 g/mol. The molecule has 3 rings (SSSR count). The Bertz CT molecular complexity index is 1040. The third kappa shape index (κ3) is 7.95. The number of hydrogen-bond donors (Lipinski definition) is 3. The van der Waals surface area contributed by atoms with Gasteiger partial charge in [0, 0.05) is 50.4 Å². The average molecular weight is 526 g/mol. The van der Waals surface area contributed by atoms with Crippen LogP contribution in [-0.4, -0.2) is 62.0 Å². The number of carbonyl (C=O) groups is 1. The number of aliphatic hydroxyl groups is 1. The second-order valence-electron chi connectivity index (χ2n) is 11.4. The second kappa shape index (κ2) is 13.5. The highest BCUT2D eigenvalue weighted by Crippen LogP contribution is 2.44. The molecule has 1 aliphatic heterocycles. The SMILES string of the molecule is CNCC(C)(C)NC(=O)N1CCCC([C@@](O)(CCCCOC)c2cc(C)ccc2Oc2ccc(C)cc2)C1. The van der Waals surface area contributed by atoms with Crippen molar-refractivity contribution in [2.75, 3.05) is 40.4 Å². The van der Waals surface area contributed by atoms with Gasteiger partial charge in [-0.3, -0.25) is 0 Å². The van der Waals surface area contributed by atoms with Crippen molar-refractivity contribution in [2.45, 2.75) is 70.9 Å². The van der Waals surface area contributed by atoms with Gasteiger partial charge in [0.15, 0.2) is 0 Å². The predicted molar refractivity (Wildman–Crippen MR) is 153 cm³/mol. The van der Waals surface area contributed by atoms with Crippen molar-refractivity contribution in [3.8, 4) is 11.5 Å². The Morgan fingerprint density at radius 1 is 1.11 bits per heavy atom. The first-order valence-corrected chi connectivity index (χ1v) is 13.9. The van der Waals surface area contributed by atoms with Gasteiger partial charge in [0.2, 0.25) is 0 Å². The molecule has 1 fully saturated rings. The molecule has 3 N–H and O–H groups in total. The Morgan fingerprint density at radius 3 is 2.50 bits per heavy atom. The maximum absolute atomic E-state index is 13.3. The Kier molecular flexibility index (Phi) is 10.6. The molecule has 1 saturated heterocycles. The van der Waals surface area contributed by atoms with Crippen LogP contribution in [-0.2, 0) is 10.3 Å². The van der Waals surface area contributed by atoms with E-state index in [1.54, 1.807) is 7.11 Å². The molecule has 1 heterocycles. The summed E-state index contributed by atoms with van der Waals surface area (Å²) in [6.07, 6.45) is 3.90. The molecule has 0 bridgehead atoms. The molecule has 2 atom stereocenters. The molecule has 0 radical (unpaired) electrons. The quantitative estimate of drug-likeness (QED) is 0.318. The van der Waals surface area contributed by atoms with E-state index in [1.807, 2.05) is 76.0 Å². The lowest BCUT2D eigenvalue weighted by Gasteiger charge is -2.44. The Balaban J connectivity index is 1.93. The lowest BCUT2D eigenvalue weighted by Crippen LogP contribution is -2.57. The molecule has 2 amide bonds. The van der Waals surface area contributed by atoms with Crippen molar-refractivity contribution in [1.82, 2.24) is 15.5 Å². The number of piperidine rings is 1. The van der Waals surface area contributed by atoms with Crippen LogP contribution >= 0.6 is 0 Å². The molecule has 0 aromatic heterocycles. The number of hydrogen-bond acceptors (Lipinski definition) is 5. The molecular formula is C31H47N3O4. The molecule has 1 unspecified atom stereocenters. The van der Waals surface area contributed by atoms with Crippen molar-refractivity contribution in [1.29, 1.82) is 0 Å². The standard InChI is InChI=1S/C31H47N3O4/c1-23-11-14-26(15-12-23)38-28-16-13-24(2)20-27(28)31(36,17-7-8-19-37-6)25-10-9-18-34(21-25)29(35)33-30(3,4)22-32-5/h11-16,20,25,32,36H,7-10,17-19,21-22H2,1-6H3,(H,33,35)/t25?,31-/m0/s1. The first-order valence-electron chi connectivity index (χ1n) is 13.9. The fourth-order valence-electron chi connectivity index (χ4n) is 5.41. The number of rotatable bonds is 12. The van der Waals surface area contributed by atoms with Gasteiger partial charge < -0.3 is 30.1 Å². The topological polar surface area (TPSA) is 83.1 Å². The van der Waals surface area contributed by atoms with Gasteiger partial charge in [-0.05, 0) is 91.1 Å². The fourth-order valence-corrected chi connectivity index (χ4v) is 5.41. The smallest absolute Gasteiger partial charge is 0.317 e. The molecule has 0 spiro atoms. The van der Waals surface area contributed by atoms with Crippen LogP contribution in [0.3, 0.4) is 0 Å². The van der Waals surface area contributed by atoms with Crippen molar-refractivity contribution in [2.24, 2.45) is 5.92 Å². The van der Waals surface area contributed by atoms with Crippen LogP contribution in [0.5, 0.6) is 11.5 Å². The fraction of sp³-hybridized carbons (Fsp3) is 0.581. The summed E-state index contributed by atoms with van der Waals surface area (Å²) in [7, 11) is 3.58. The summed E-state index contributed by atoms with van der Waals surface area (Å²) in [6.45, 7) is 10.6. The molecule has 7 heteroatoms. The summed E-state index contributed by atoms with van der Waals surface area (Å²) in [5.41, 5.74) is 1.48. The van der Waals surface area contributed by atoms with E-state index >= 15 is 0 Å². The number of likely N-dealkylation sites (tertiary alicyclic amines) is 1. The average Bonchev–Trinajstić information content (AvgIpc) is 2.88. The van der Waals surface area contributed by atoms with Gasteiger partial charge in [0.1, 0.15) is 11.5 Å². The summed E-state index contributed by atoms with van der Waals surface area (Å²) in [6, 6.07) is 13.9. The molecule has 38 heavy (non-hydrogen) atoms. The number of urea groups is 1. The zero-order valence-electron chi connectivity index (χ0n) is 24.1.